The summed E-state index contributed by atoms with van der Waals surface area (Å²) < 4.78 is 40.7. The minimum absolute atomic E-state index is 0.128. The molecule has 8 aromatic heterocycles. The maximum atomic E-state index is 13.7. The Labute approximate surface area is 750 Å². The molecule has 0 amide bonds. The van der Waals surface area contributed by atoms with Crippen molar-refractivity contribution in [2.75, 3.05) is 52.9 Å². The molecule has 130 heavy (non-hydrogen) atoms. The van der Waals surface area contributed by atoms with Gasteiger partial charge in [0.25, 0.3) is 22.2 Å². The fraction of sp³-hybridized carbons (Fsp3) is 0.250. The molecular formula is C104H95FN12O12S. The van der Waals surface area contributed by atoms with Crippen molar-refractivity contribution in [3.8, 4) is 0 Å². The molecule has 0 radical (unpaired) electrons. The van der Waals surface area contributed by atoms with Crippen molar-refractivity contribution in [2.45, 2.75) is 118 Å². The number of thioether (sulfide) groups is 1. The number of pyridine rings is 4. The van der Waals surface area contributed by atoms with Crippen LogP contribution in [0.5, 0.6) is 0 Å². The number of allylic oxidation sites excluding steroid dienone is 1. The van der Waals surface area contributed by atoms with E-state index in [0.29, 0.717) is 121 Å². The number of nitrogens with zero attached hydrogens (tertiary/aromatic N) is 12. The molecule has 17 aromatic rings. The zero-order valence-electron chi connectivity index (χ0n) is 71.5. The van der Waals surface area contributed by atoms with Crippen LogP contribution in [0.25, 0.3) is 98.4 Å². The van der Waals surface area contributed by atoms with Gasteiger partial charge in [0.1, 0.15) is 0 Å². The van der Waals surface area contributed by atoms with Crippen LogP contribution in [0.3, 0.4) is 0 Å². The zero-order chi connectivity index (χ0) is 89.5. The summed E-state index contributed by atoms with van der Waals surface area (Å²) >= 11 is 1.72. The van der Waals surface area contributed by atoms with Crippen molar-refractivity contribution in [3.05, 3.63) is 372 Å². The summed E-state index contributed by atoms with van der Waals surface area (Å²) in [5.74, 6) is 0.337. The number of benzene rings is 9. The van der Waals surface area contributed by atoms with Crippen LogP contribution >= 0.6 is 11.8 Å². The molecule has 0 saturated carbocycles. The second-order valence-corrected chi connectivity index (χ2v) is 34.3. The number of hydrogen-bond donors (Lipinski definition) is 4. The van der Waals surface area contributed by atoms with Crippen molar-refractivity contribution in [1.82, 2.24) is 58.1 Å². The molecule has 656 valence electrons. The van der Waals surface area contributed by atoms with Crippen molar-refractivity contribution in [1.29, 1.82) is 0 Å². The first-order valence-electron chi connectivity index (χ1n) is 43.6. The van der Waals surface area contributed by atoms with Crippen molar-refractivity contribution in [3.63, 3.8) is 0 Å². The Bertz CT molecular complexity index is 7350. The lowest BCUT2D eigenvalue weighted by Gasteiger charge is -2.29. The number of rotatable bonds is 17. The van der Waals surface area contributed by atoms with Gasteiger partial charge in [0.15, 0.2) is 0 Å². The number of aromatic nitrogens is 12. The van der Waals surface area contributed by atoms with E-state index in [4.69, 9.17) is 23.9 Å². The summed E-state index contributed by atoms with van der Waals surface area (Å²) in [6, 6.07) is 63.9. The molecule has 8 atom stereocenters. The number of halogens is 1. The van der Waals surface area contributed by atoms with Crippen molar-refractivity contribution < 1.29 is 43.8 Å². The van der Waals surface area contributed by atoms with Gasteiger partial charge in [-0.15, -0.1) is 11.8 Å². The lowest BCUT2D eigenvalue weighted by molar-refractivity contribution is -0.0395. The third kappa shape index (κ3) is 18.7. The lowest BCUT2D eigenvalue weighted by Crippen LogP contribution is -2.39. The minimum atomic E-state index is -0.749. The van der Waals surface area contributed by atoms with Crippen LogP contribution in [0.1, 0.15) is 118 Å². The van der Waals surface area contributed by atoms with Crippen LogP contribution in [0.4, 0.5) is 4.39 Å². The van der Waals surface area contributed by atoms with Gasteiger partial charge in [0.2, 0.25) is 5.95 Å². The average Bonchev–Trinajstić information content (AvgIpc) is 0.763. The van der Waals surface area contributed by atoms with Gasteiger partial charge in [-0.2, -0.15) is 4.39 Å². The number of hydrogen-bond acceptors (Lipinski definition) is 21. The largest absolute Gasteiger partial charge is 0.389 e. The first-order chi connectivity index (χ1) is 63.5. The quantitative estimate of drug-likeness (QED) is 0.0374. The second-order valence-electron chi connectivity index (χ2n) is 33.3. The van der Waals surface area contributed by atoms with Gasteiger partial charge in [0, 0.05) is 78.5 Å². The van der Waals surface area contributed by atoms with Crippen LogP contribution in [0.15, 0.2) is 288 Å². The molecule has 21 rings (SSSR count). The highest BCUT2D eigenvalue weighted by atomic mass is 32.2. The van der Waals surface area contributed by atoms with Gasteiger partial charge in [-0.25, -0.2) is 29.9 Å². The van der Waals surface area contributed by atoms with Crippen molar-refractivity contribution >= 4 is 110 Å². The molecule has 4 aliphatic rings. The first kappa shape index (κ1) is 87.3. The van der Waals surface area contributed by atoms with E-state index in [2.05, 4.69) is 103 Å². The van der Waals surface area contributed by atoms with Gasteiger partial charge in [0.05, 0.1) is 160 Å². The molecule has 9 aromatic carbocycles. The normalized spacial score (nSPS) is 18.7. The molecule has 4 aliphatic heterocycles. The molecule has 0 spiro atoms. The SMILES string of the molecule is C=C(C)c1ccc(Cc2cc3c(=O)n([C@H]4CCOC[C@@H]4O)cnc3c3ccccc23)cn1.C=Cc1ccc(Cc2cc3c(=O)n([C@H]4CCOC[C@@H]4O)cnc3c3ccccc23)cn1.O=c1c2cc(Cc3ccc(F)nc3)c3ccccc3c2ncn1[C@H]1CCOC[C@@H]1O.O=c1c2cc(Cc3ccnc(SCc4ccccc4)c3)c3ccccc3c2ncn1[C@H]1CCOC[C@@H]1O. The monoisotopic (exact) mass is 1750 g/mol. The molecule has 4 N–H and O–H groups in total. The predicted molar refractivity (Wildman–Crippen MR) is 505 cm³/mol. The summed E-state index contributed by atoms with van der Waals surface area (Å²) in [5.41, 5.74) is 14.2. The topological polar surface area (TPSA) is 309 Å². The highest BCUT2D eigenvalue weighted by Crippen LogP contribution is 2.36. The predicted octanol–water partition coefficient (Wildman–Crippen LogP) is 15.5. The van der Waals surface area contributed by atoms with E-state index in [1.807, 2.05) is 159 Å². The number of aliphatic hydroxyl groups is 4. The highest BCUT2D eigenvalue weighted by molar-refractivity contribution is 7.98. The lowest BCUT2D eigenvalue weighted by atomic mass is 9.96. The van der Waals surface area contributed by atoms with E-state index in [1.165, 1.54) is 28.7 Å². The van der Waals surface area contributed by atoms with E-state index in [1.54, 1.807) is 56.6 Å². The minimum Gasteiger partial charge on any atom is -0.389 e. The Kier molecular flexibility index (Phi) is 26.4. The number of aliphatic hydroxyl groups excluding tert-OH is 4. The molecule has 0 aliphatic carbocycles. The molecule has 4 saturated heterocycles. The fourth-order valence-electron chi connectivity index (χ4n) is 18.1. The molecule has 24 nitrogen and oxygen atoms in total. The Morgan fingerprint density at radius 1 is 0.385 bits per heavy atom. The van der Waals surface area contributed by atoms with Crippen LogP contribution in [-0.2, 0) is 50.4 Å². The van der Waals surface area contributed by atoms with Gasteiger partial charge < -0.3 is 39.4 Å². The molecule has 4 fully saturated rings. The number of fused-ring (bicyclic) bond motifs is 12. The van der Waals surface area contributed by atoms with Gasteiger partial charge in [-0.1, -0.05) is 159 Å². The molecule has 12 heterocycles. The van der Waals surface area contributed by atoms with E-state index < -0.39 is 30.4 Å². The summed E-state index contributed by atoms with van der Waals surface area (Å²) in [6.07, 6.45) is 16.9. The Morgan fingerprint density at radius 2 is 0.723 bits per heavy atom. The molecular weight excluding hydrogens is 1660 g/mol. The third-order valence-corrected chi connectivity index (χ3v) is 25.8. The second kappa shape index (κ2) is 39.3. The molecule has 0 unspecified atom stereocenters. The summed E-state index contributed by atoms with van der Waals surface area (Å²) in [5, 5.41) is 52.6. The highest BCUT2D eigenvalue weighted by Gasteiger charge is 2.32. The van der Waals surface area contributed by atoms with E-state index in [0.717, 1.165) is 115 Å². The Morgan fingerprint density at radius 3 is 1.05 bits per heavy atom. The van der Waals surface area contributed by atoms with Crippen LogP contribution in [0, 0.1) is 5.95 Å². The van der Waals surface area contributed by atoms with Gasteiger partial charge >= 0.3 is 0 Å². The van der Waals surface area contributed by atoms with Crippen LogP contribution in [0.2, 0.25) is 0 Å². The maximum absolute atomic E-state index is 13.7. The van der Waals surface area contributed by atoms with Crippen molar-refractivity contribution in [2.24, 2.45) is 0 Å². The fourth-order valence-corrected chi connectivity index (χ4v) is 19.0. The Balaban J connectivity index is 0.000000117. The molecule has 0 bridgehead atoms. The van der Waals surface area contributed by atoms with Gasteiger partial charge in [-0.3, -0.25) is 47.4 Å². The van der Waals surface area contributed by atoms with E-state index >= 15 is 0 Å². The standard InChI is InChI=1S/C30H27N3O3S.C26H25N3O3.C25H23N3O3.C23H20FN3O3/c34-27-17-36-13-11-26(27)33-19-32-29-24-9-5-4-8-23(24)22(16-25(29)30(33)35)14-21-10-12-31-28(15-21)37-18-20-6-2-1-3-7-20;1-16(2)22-8-7-17(13-27-22)11-18-12-21-25(20-6-4-3-5-19(18)20)28-15-29(26(21)31)23-9-10-32-14-24(23)30;1-2-18-8-7-16(13-26-18)11-17-12-21-24(20-6-4-3-5-19(17)20)27-15-28(25(21)30)22-9-10-31-14-23(22)29;24-21-6-5-14(11-25-21)9-15-10-18-22(17-4-2-1-3-16(15)17)26-13-27(23(18)29)19-7-8-30-12-20(19)28/h1-10,12,15-16,19,26-27,34H,11,13-14,17-18H2;3-8,12-13,15,23-24,30H,1,9-11,14H2,2H3;2-8,12-13,15,22-23,29H,1,9-11,14H2;1-6,10-11,13,19-20,28H,7-9,12H2/t26-,27-;23-,24-;22-,23-;19-,20-/m0000/s1. The Hall–Kier alpha value is -13.4. The smallest absolute Gasteiger partial charge is 0.261 e. The summed E-state index contributed by atoms with van der Waals surface area (Å²) in [6.45, 7) is 12.6. The summed E-state index contributed by atoms with van der Waals surface area (Å²) in [4.78, 5) is 89.7. The maximum Gasteiger partial charge on any atom is 0.261 e. The third-order valence-electron chi connectivity index (χ3n) is 24.8. The van der Waals surface area contributed by atoms with Crippen LogP contribution < -0.4 is 22.2 Å². The summed E-state index contributed by atoms with van der Waals surface area (Å²) in [7, 11) is 0. The zero-order valence-corrected chi connectivity index (χ0v) is 72.3. The van der Waals surface area contributed by atoms with E-state index in [-0.39, 0.29) is 72.8 Å². The van der Waals surface area contributed by atoms with Crippen LogP contribution in [-0.4, -0.2) is 156 Å². The van der Waals surface area contributed by atoms with E-state index in [9.17, 15) is 44.0 Å². The number of ether oxygens (including phenoxy) is 4. The average molecular weight is 1760 g/mol. The molecule has 26 heteroatoms. The first-order valence-corrected chi connectivity index (χ1v) is 44.5. The van der Waals surface area contributed by atoms with Gasteiger partial charge in [-0.05, 0) is 196 Å².